The van der Waals surface area contributed by atoms with Crippen LogP contribution in [0.5, 0.6) is 0 Å². The van der Waals surface area contributed by atoms with E-state index >= 15 is 0 Å². The summed E-state index contributed by atoms with van der Waals surface area (Å²) in [7, 11) is 0. The molecule has 0 aromatic heterocycles. The van der Waals surface area contributed by atoms with Crippen molar-refractivity contribution in [2.24, 2.45) is 16.3 Å². The van der Waals surface area contributed by atoms with E-state index in [0.29, 0.717) is 18.1 Å². The third-order valence-electron chi connectivity index (χ3n) is 5.19. The minimum atomic E-state index is 0.184. The standard InChI is InChI=1S/C19H37N3OS/c1-6-20-18(22-15-9-10-16(12-15)24-5)21-13-14-8-7-11-23-17(14)19(2,3)4/h14-17H,6-13H2,1-5H3,(H2,20,21,22). The fourth-order valence-electron chi connectivity index (χ4n) is 3.99. The molecular formula is C19H37N3OS. The Morgan fingerprint density at radius 3 is 2.67 bits per heavy atom. The van der Waals surface area contributed by atoms with Crippen LogP contribution < -0.4 is 10.6 Å². The van der Waals surface area contributed by atoms with Gasteiger partial charge in [-0.25, -0.2) is 0 Å². The van der Waals surface area contributed by atoms with Crippen molar-refractivity contribution >= 4 is 17.7 Å². The maximum atomic E-state index is 6.10. The molecule has 0 bridgehead atoms. The van der Waals surface area contributed by atoms with E-state index in [9.17, 15) is 0 Å². The topological polar surface area (TPSA) is 45.7 Å². The van der Waals surface area contributed by atoms with Gasteiger partial charge < -0.3 is 15.4 Å². The lowest BCUT2D eigenvalue weighted by atomic mass is 9.78. The second-order valence-corrected chi connectivity index (χ2v) is 9.43. The highest BCUT2D eigenvalue weighted by Crippen LogP contribution is 2.34. The molecule has 140 valence electrons. The monoisotopic (exact) mass is 355 g/mol. The van der Waals surface area contributed by atoms with Crippen LogP contribution in [0.3, 0.4) is 0 Å². The van der Waals surface area contributed by atoms with E-state index in [1.807, 2.05) is 11.8 Å². The normalized spacial score (nSPS) is 32.0. The first-order chi connectivity index (χ1) is 11.4. The third kappa shape index (κ3) is 5.83. The Labute approximate surface area is 153 Å². The first-order valence-electron chi connectivity index (χ1n) is 9.63. The summed E-state index contributed by atoms with van der Waals surface area (Å²) in [6.45, 7) is 11.7. The van der Waals surface area contributed by atoms with Crippen molar-refractivity contribution in [2.45, 2.75) is 77.2 Å². The van der Waals surface area contributed by atoms with E-state index in [1.54, 1.807) is 0 Å². The van der Waals surface area contributed by atoms with Gasteiger partial charge >= 0.3 is 0 Å². The molecule has 0 aromatic rings. The Bertz CT molecular complexity index is 408. The number of hydrogen-bond donors (Lipinski definition) is 2. The van der Waals surface area contributed by atoms with E-state index in [1.165, 1.54) is 25.7 Å². The lowest BCUT2D eigenvalue weighted by Crippen LogP contribution is -2.44. The van der Waals surface area contributed by atoms with Crippen LogP contribution >= 0.6 is 11.8 Å². The maximum absolute atomic E-state index is 6.10. The molecule has 1 aliphatic heterocycles. The van der Waals surface area contributed by atoms with Crippen LogP contribution in [-0.2, 0) is 4.74 Å². The van der Waals surface area contributed by atoms with E-state index in [-0.39, 0.29) is 5.41 Å². The van der Waals surface area contributed by atoms with Crippen molar-refractivity contribution in [3.05, 3.63) is 0 Å². The Balaban J connectivity index is 1.94. The molecule has 4 atom stereocenters. The molecule has 2 fully saturated rings. The highest BCUT2D eigenvalue weighted by atomic mass is 32.2. The summed E-state index contributed by atoms with van der Waals surface area (Å²) in [6.07, 6.45) is 8.75. The first-order valence-corrected chi connectivity index (χ1v) is 10.9. The van der Waals surface area contributed by atoms with Crippen LogP contribution in [-0.4, -0.2) is 49.3 Å². The van der Waals surface area contributed by atoms with Crippen LogP contribution in [0, 0.1) is 11.3 Å². The van der Waals surface area contributed by atoms with Gasteiger partial charge in [0.1, 0.15) is 0 Å². The predicted molar refractivity (Wildman–Crippen MR) is 106 cm³/mol. The third-order valence-corrected chi connectivity index (χ3v) is 6.28. The molecule has 24 heavy (non-hydrogen) atoms. The highest BCUT2D eigenvalue weighted by molar-refractivity contribution is 7.99. The van der Waals surface area contributed by atoms with Crippen molar-refractivity contribution in [3.63, 3.8) is 0 Å². The number of thioether (sulfide) groups is 1. The molecule has 2 N–H and O–H groups in total. The molecular weight excluding hydrogens is 318 g/mol. The summed E-state index contributed by atoms with van der Waals surface area (Å²) in [5, 5.41) is 7.89. The second kappa shape index (κ2) is 9.33. The number of nitrogens with zero attached hydrogens (tertiary/aromatic N) is 1. The number of hydrogen-bond acceptors (Lipinski definition) is 3. The fourth-order valence-corrected chi connectivity index (χ4v) is 4.79. The number of ether oxygens (including phenoxy) is 1. The lowest BCUT2D eigenvalue weighted by Gasteiger charge is -2.39. The zero-order valence-corrected chi connectivity index (χ0v) is 17.0. The summed E-state index contributed by atoms with van der Waals surface area (Å²) in [5.41, 5.74) is 0.184. The van der Waals surface area contributed by atoms with Crippen molar-refractivity contribution < 1.29 is 4.74 Å². The van der Waals surface area contributed by atoms with Gasteiger partial charge in [-0.1, -0.05) is 20.8 Å². The predicted octanol–water partition coefficient (Wildman–Crippen LogP) is 3.67. The van der Waals surface area contributed by atoms with Gasteiger partial charge in [0.25, 0.3) is 0 Å². The Kier molecular flexibility index (Phi) is 7.73. The van der Waals surface area contributed by atoms with Crippen LogP contribution in [0.25, 0.3) is 0 Å². The van der Waals surface area contributed by atoms with Gasteiger partial charge in [0.2, 0.25) is 0 Å². The SMILES string of the molecule is CCNC(=NCC1CCCOC1C(C)(C)C)NC1CCC(SC)C1. The van der Waals surface area contributed by atoms with Gasteiger partial charge in [0.05, 0.1) is 6.10 Å². The Hall–Kier alpha value is -0.420. The van der Waals surface area contributed by atoms with E-state index in [0.717, 1.165) is 37.3 Å². The van der Waals surface area contributed by atoms with Gasteiger partial charge in [0, 0.05) is 36.9 Å². The molecule has 2 rings (SSSR count). The minimum Gasteiger partial charge on any atom is -0.377 e. The van der Waals surface area contributed by atoms with Crippen LogP contribution in [0.15, 0.2) is 4.99 Å². The van der Waals surface area contributed by atoms with E-state index < -0.39 is 0 Å². The average Bonchev–Trinajstić information content (AvgIpc) is 3.00. The molecule has 1 heterocycles. The van der Waals surface area contributed by atoms with Crippen molar-refractivity contribution in [1.82, 2.24) is 10.6 Å². The summed E-state index contributed by atoms with van der Waals surface area (Å²) in [6, 6.07) is 0.571. The largest absolute Gasteiger partial charge is 0.377 e. The number of nitrogens with one attached hydrogen (secondary N) is 2. The smallest absolute Gasteiger partial charge is 0.191 e. The fraction of sp³-hybridized carbons (Fsp3) is 0.947. The number of aliphatic imine (C=N–C) groups is 1. The minimum absolute atomic E-state index is 0.184. The number of rotatable bonds is 5. The average molecular weight is 356 g/mol. The van der Waals surface area contributed by atoms with Gasteiger partial charge in [-0.15, -0.1) is 0 Å². The first kappa shape index (κ1) is 19.9. The van der Waals surface area contributed by atoms with Crippen molar-refractivity contribution in [2.75, 3.05) is 26.0 Å². The van der Waals surface area contributed by atoms with Gasteiger partial charge in [-0.2, -0.15) is 11.8 Å². The molecule has 4 nitrogen and oxygen atoms in total. The van der Waals surface area contributed by atoms with E-state index in [2.05, 4.69) is 44.6 Å². The van der Waals surface area contributed by atoms with E-state index in [4.69, 9.17) is 9.73 Å². The highest BCUT2D eigenvalue weighted by Gasteiger charge is 2.35. The van der Waals surface area contributed by atoms with Gasteiger partial charge in [-0.3, -0.25) is 4.99 Å². The summed E-state index contributed by atoms with van der Waals surface area (Å²) in [4.78, 5) is 4.92. The summed E-state index contributed by atoms with van der Waals surface area (Å²) in [5.74, 6) is 1.51. The molecule has 1 saturated carbocycles. The van der Waals surface area contributed by atoms with Gasteiger partial charge in [-0.05, 0) is 50.7 Å². The van der Waals surface area contributed by atoms with Crippen LogP contribution in [0.2, 0.25) is 0 Å². The molecule has 0 radical (unpaired) electrons. The molecule has 4 unspecified atom stereocenters. The molecule has 1 aliphatic carbocycles. The quantitative estimate of drug-likeness (QED) is 0.583. The molecule has 5 heteroatoms. The summed E-state index contributed by atoms with van der Waals surface area (Å²) >= 11 is 2.00. The maximum Gasteiger partial charge on any atom is 0.191 e. The lowest BCUT2D eigenvalue weighted by molar-refractivity contribution is -0.0823. The Morgan fingerprint density at radius 2 is 2.04 bits per heavy atom. The molecule has 0 aromatic carbocycles. The molecule has 1 saturated heterocycles. The van der Waals surface area contributed by atoms with Crippen molar-refractivity contribution in [1.29, 1.82) is 0 Å². The molecule has 0 spiro atoms. The molecule has 0 amide bonds. The Morgan fingerprint density at radius 1 is 1.25 bits per heavy atom. The van der Waals surface area contributed by atoms with Crippen molar-refractivity contribution in [3.8, 4) is 0 Å². The summed E-state index contributed by atoms with van der Waals surface area (Å²) < 4.78 is 6.10. The zero-order valence-electron chi connectivity index (χ0n) is 16.2. The van der Waals surface area contributed by atoms with Gasteiger partial charge in [0.15, 0.2) is 5.96 Å². The second-order valence-electron chi connectivity index (χ2n) is 8.29. The van der Waals surface area contributed by atoms with Crippen LogP contribution in [0.4, 0.5) is 0 Å². The zero-order chi connectivity index (χ0) is 17.6. The molecule has 2 aliphatic rings. The van der Waals surface area contributed by atoms with Crippen LogP contribution in [0.1, 0.15) is 59.8 Å². The number of guanidine groups is 1.